The van der Waals surface area contributed by atoms with E-state index in [9.17, 15) is 9.59 Å². The zero-order valence-corrected chi connectivity index (χ0v) is 22.3. The van der Waals surface area contributed by atoms with E-state index in [1.165, 1.54) is 6.08 Å². The summed E-state index contributed by atoms with van der Waals surface area (Å²) < 4.78 is 0. The van der Waals surface area contributed by atoms with Crippen LogP contribution in [-0.4, -0.2) is 36.9 Å². The molecule has 4 rings (SSSR count). The van der Waals surface area contributed by atoms with Crippen molar-refractivity contribution in [1.29, 1.82) is 0 Å². The minimum Gasteiger partial charge on any atom is -0.352 e. The highest BCUT2D eigenvalue weighted by Gasteiger charge is 2.34. The molecule has 0 aromatic heterocycles. The number of nitrogens with one attached hydrogen (secondary N) is 2. The molecule has 3 aromatic carbocycles. The molecule has 1 aliphatic heterocycles. The summed E-state index contributed by atoms with van der Waals surface area (Å²) in [6, 6.07) is 23.0. The number of carbonyl (C=O) groups is 2. The molecule has 0 saturated carbocycles. The molecule has 1 aliphatic rings. The summed E-state index contributed by atoms with van der Waals surface area (Å²) in [6.07, 6.45) is 4.19. The Morgan fingerprint density at radius 2 is 1.43 bits per heavy atom. The van der Waals surface area contributed by atoms with Gasteiger partial charge in [0.25, 0.3) is 0 Å². The van der Waals surface area contributed by atoms with E-state index in [0.29, 0.717) is 23.1 Å². The van der Waals surface area contributed by atoms with E-state index >= 15 is 0 Å². The van der Waals surface area contributed by atoms with Crippen LogP contribution in [0.25, 0.3) is 6.08 Å². The van der Waals surface area contributed by atoms with Crippen LogP contribution in [0.3, 0.4) is 0 Å². The van der Waals surface area contributed by atoms with Gasteiger partial charge in [0, 0.05) is 35.8 Å². The molecular weight excluding hydrogens is 505 g/mol. The van der Waals surface area contributed by atoms with Crippen LogP contribution in [0.15, 0.2) is 78.9 Å². The molecule has 0 bridgehead atoms. The summed E-state index contributed by atoms with van der Waals surface area (Å²) in [7, 11) is 2.06. The van der Waals surface area contributed by atoms with Crippen molar-refractivity contribution < 1.29 is 9.59 Å². The van der Waals surface area contributed by atoms with Gasteiger partial charge < -0.3 is 15.5 Å². The molecule has 0 spiro atoms. The highest BCUT2D eigenvalue weighted by Crippen LogP contribution is 2.33. The summed E-state index contributed by atoms with van der Waals surface area (Å²) in [6.45, 7) is 2.58. The molecule has 0 radical (unpaired) electrons. The minimum absolute atomic E-state index is 0.0651. The molecule has 2 N–H and O–H groups in total. The Balaban J connectivity index is 1.27. The molecule has 2 atom stereocenters. The average molecular weight is 537 g/mol. The van der Waals surface area contributed by atoms with Crippen molar-refractivity contribution in [2.45, 2.75) is 25.4 Å². The van der Waals surface area contributed by atoms with Crippen LogP contribution in [0.2, 0.25) is 10.0 Å². The summed E-state index contributed by atoms with van der Waals surface area (Å²) >= 11 is 11.9. The number of hydrogen-bond acceptors (Lipinski definition) is 3. The van der Waals surface area contributed by atoms with Gasteiger partial charge >= 0.3 is 0 Å². The van der Waals surface area contributed by atoms with Crippen LogP contribution in [0, 0.1) is 5.92 Å². The van der Waals surface area contributed by atoms with Crippen LogP contribution >= 0.6 is 23.2 Å². The van der Waals surface area contributed by atoms with Crippen LogP contribution in [0.1, 0.15) is 34.6 Å². The van der Waals surface area contributed by atoms with E-state index in [2.05, 4.69) is 22.6 Å². The number of likely N-dealkylation sites (tertiary alicyclic amines) is 1. The second-order valence-corrected chi connectivity index (χ2v) is 10.3. The minimum atomic E-state index is -0.168. The smallest absolute Gasteiger partial charge is 0.244 e. The molecule has 1 saturated heterocycles. The third-order valence-corrected chi connectivity index (χ3v) is 7.21. The molecule has 1 heterocycles. The lowest BCUT2D eigenvalue weighted by molar-refractivity contribution is -0.127. The van der Waals surface area contributed by atoms with Crippen molar-refractivity contribution in [2.75, 3.05) is 20.1 Å². The van der Waals surface area contributed by atoms with E-state index < -0.39 is 0 Å². The monoisotopic (exact) mass is 535 g/mol. The van der Waals surface area contributed by atoms with Crippen molar-refractivity contribution >= 4 is 41.1 Å². The maximum atomic E-state index is 13.2. The quantitative estimate of drug-likeness (QED) is 0.365. The number of rotatable bonds is 8. The third kappa shape index (κ3) is 7.93. The maximum Gasteiger partial charge on any atom is 0.244 e. The van der Waals surface area contributed by atoms with Gasteiger partial charge in [-0.1, -0.05) is 71.7 Å². The first-order valence-corrected chi connectivity index (χ1v) is 13.1. The highest BCUT2D eigenvalue weighted by molar-refractivity contribution is 6.30. The van der Waals surface area contributed by atoms with Crippen molar-refractivity contribution in [3.8, 4) is 0 Å². The zero-order valence-electron chi connectivity index (χ0n) is 20.8. The Labute approximate surface area is 228 Å². The molecule has 2 amide bonds. The third-order valence-electron chi connectivity index (χ3n) is 6.70. The second kappa shape index (κ2) is 12.9. The van der Waals surface area contributed by atoms with Crippen LogP contribution in [0.5, 0.6) is 0 Å². The van der Waals surface area contributed by atoms with Gasteiger partial charge in [-0.2, -0.15) is 0 Å². The lowest BCUT2D eigenvalue weighted by atomic mass is 9.80. The van der Waals surface area contributed by atoms with Gasteiger partial charge in [0.1, 0.15) is 0 Å². The number of amides is 2. The first-order valence-electron chi connectivity index (χ1n) is 12.4. The zero-order chi connectivity index (χ0) is 26.2. The lowest BCUT2D eigenvalue weighted by Gasteiger charge is -2.36. The molecule has 3 aromatic rings. The van der Waals surface area contributed by atoms with Crippen molar-refractivity contribution in [1.82, 2.24) is 15.5 Å². The Hall–Kier alpha value is -3.12. The summed E-state index contributed by atoms with van der Waals surface area (Å²) in [5.74, 6) is -0.0437. The van der Waals surface area contributed by atoms with Gasteiger partial charge in [0.05, 0.1) is 5.92 Å². The van der Waals surface area contributed by atoms with Crippen LogP contribution < -0.4 is 10.6 Å². The standard InChI is InChI=1S/C30H31Cl2N3O2/c1-35-17-16-27(24-9-13-26(32)14-10-24)28(20-35)30(37)34-19-23-4-2-22(3-5-23)18-33-29(36)15-8-21-6-11-25(31)12-7-21/h2-15,27-28H,16-20H2,1H3,(H,33,36)(H,34,37)/b15-8+/t27-,28+/m0/s1. The summed E-state index contributed by atoms with van der Waals surface area (Å²) in [5, 5.41) is 7.38. The van der Waals surface area contributed by atoms with Gasteiger partial charge in [-0.3, -0.25) is 9.59 Å². The average Bonchev–Trinajstić information content (AvgIpc) is 2.91. The fourth-order valence-electron chi connectivity index (χ4n) is 4.58. The van der Waals surface area contributed by atoms with E-state index in [1.54, 1.807) is 18.2 Å². The molecule has 0 unspecified atom stereocenters. The number of halogens is 2. The molecule has 7 heteroatoms. The molecule has 1 fully saturated rings. The van der Waals surface area contributed by atoms with Gasteiger partial charge in [0.2, 0.25) is 11.8 Å². The Kier molecular flexibility index (Phi) is 9.40. The molecule has 5 nitrogen and oxygen atoms in total. The normalized spacial score (nSPS) is 18.0. The van der Waals surface area contributed by atoms with Gasteiger partial charge in [-0.25, -0.2) is 0 Å². The largest absolute Gasteiger partial charge is 0.352 e. The predicted molar refractivity (Wildman–Crippen MR) is 150 cm³/mol. The van der Waals surface area contributed by atoms with Crippen molar-refractivity contribution in [2.24, 2.45) is 5.92 Å². The maximum absolute atomic E-state index is 13.2. The molecule has 192 valence electrons. The first-order chi connectivity index (χ1) is 17.9. The van der Waals surface area contributed by atoms with Gasteiger partial charge in [-0.15, -0.1) is 0 Å². The predicted octanol–water partition coefficient (Wildman–Crippen LogP) is 5.67. The SMILES string of the molecule is CN1CC[C@@H](c2ccc(Cl)cc2)[C@H](C(=O)NCc2ccc(CNC(=O)/C=C/c3ccc(Cl)cc3)cc2)C1. The number of piperidine rings is 1. The van der Waals surface area contributed by atoms with Crippen molar-refractivity contribution in [3.63, 3.8) is 0 Å². The second-order valence-electron chi connectivity index (χ2n) is 9.45. The number of carbonyl (C=O) groups excluding carboxylic acids is 2. The number of benzene rings is 3. The molecular formula is C30H31Cl2N3O2. The lowest BCUT2D eigenvalue weighted by Crippen LogP contribution is -2.45. The fraction of sp³-hybridized carbons (Fsp3) is 0.267. The Morgan fingerprint density at radius 1 is 0.865 bits per heavy atom. The van der Waals surface area contributed by atoms with E-state index in [-0.39, 0.29) is 23.7 Å². The van der Waals surface area contributed by atoms with E-state index in [1.807, 2.05) is 60.7 Å². The Morgan fingerprint density at radius 3 is 2.05 bits per heavy atom. The Bertz CT molecular complexity index is 1230. The topological polar surface area (TPSA) is 61.4 Å². The highest BCUT2D eigenvalue weighted by atomic mass is 35.5. The van der Waals surface area contributed by atoms with Crippen LogP contribution in [0.4, 0.5) is 0 Å². The molecule has 0 aliphatic carbocycles. The van der Waals surface area contributed by atoms with E-state index in [4.69, 9.17) is 23.2 Å². The summed E-state index contributed by atoms with van der Waals surface area (Å²) in [4.78, 5) is 27.5. The fourth-order valence-corrected chi connectivity index (χ4v) is 4.83. The number of nitrogens with zero attached hydrogens (tertiary/aromatic N) is 1. The van der Waals surface area contributed by atoms with E-state index in [0.717, 1.165) is 41.8 Å². The first kappa shape index (κ1) is 26.9. The van der Waals surface area contributed by atoms with Crippen LogP contribution in [-0.2, 0) is 22.7 Å². The summed E-state index contributed by atoms with van der Waals surface area (Å²) in [5.41, 5.74) is 4.07. The number of hydrogen-bond donors (Lipinski definition) is 2. The van der Waals surface area contributed by atoms with Gasteiger partial charge in [0.15, 0.2) is 0 Å². The van der Waals surface area contributed by atoms with Gasteiger partial charge in [-0.05, 0) is 78.5 Å². The van der Waals surface area contributed by atoms with Crippen molar-refractivity contribution in [3.05, 3.63) is 111 Å². The molecule has 37 heavy (non-hydrogen) atoms.